The predicted octanol–water partition coefficient (Wildman–Crippen LogP) is 0.833. The van der Waals surface area contributed by atoms with Crippen LogP contribution in [-0.2, 0) is 4.79 Å². The molecule has 0 aromatic rings. The molecule has 0 aromatic heterocycles. The lowest BCUT2D eigenvalue weighted by Gasteiger charge is -2.35. The Bertz CT molecular complexity index is 322. The van der Waals surface area contributed by atoms with E-state index in [-0.39, 0.29) is 24.4 Å². The summed E-state index contributed by atoms with van der Waals surface area (Å²) in [5, 5.41) is 11.5. The molecule has 2 unspecified atom stereocenters. The number of likely N-dealkylation sites (N-methyl/N-ethyl adjacent to an activating group) is 2. The molecule has 0 spiro atoms. The lowest BCUT2D eigenvalue weighted by atomic mass is 10.1. The zero-order valence-corrected chi connectivity index (χ0v) is 12.1. The molecule has 1 aliphatic heterocycles. The smallest absolute Gasteiger partial charge is 0.317 e. The number of carboxylic acids is 1. The number of carboxylic acid groups (broad SMARTS) is 1. The average molecular weight is 271 g/mol. The summed E-state index contributed by atoms with van der Waals surface area (Å²) in [5.74, 6) is -0.882. The molecule has 1 rings (SSSR count). The van der Waals surface area contributed by atoms with Crippen LogP contribution in [0.2, 0.25) is 0 Å². The summed E-state index contributed by atoms with van der Waals surface area (Å²) in [6.07, 6.45) is 2.21. The average Bonchev–Trinajstić information content (AvgIpc) is 2.34. The molecule has 1 saturated heterocycles. The van der Waals surface area contributed by atoms with Gasteiger partial charge in [0.1, 0.15) is 0 Å². The largest absolute Gasteiger partial charge is 0.481 e. The van der Waals surface area contributed by atoms with Gasteiger partial charge in [-0.15, -0.1) is 0 Å². The molecule has 1 heterocycles. The van der Waals surface area contributed by atoms with E-state index in [0.717, 1.165) is 25.9 Å². The predicted molar refractivity (Wildman–Crippen MR) is 73.1 cm³/mol. The topological polar surface area (TPSA) is 72.9 Å². The van der Waals surface area contributed by atoms with Crippen molar-refractivity contribution in [3.63, 3.8) is 0 Å². The van der Waals surface area contributed by atoms with Gasteiger partial charge >= 0.3 is 12.0 Å². The number of hydrogen-bond donors (Lipinski definition) is 2. The first-order valence-electron chi connectivity index (χ1n) is 6.81. The Labute approximate surface area is 114 Å². The van der Waals surface area contributed by atoms with Gasteiger partial charge in [0.25, 0.3) is 0 Å². The minimum atomic E-state index is -0.830. The second-order valence-electron chi connectivity index (χ2n) is 5.56. The van der Waals surface area contributed by atoms with Crippen molar-refractivity contribution in [1.29, 1.82) is 0 Å². The maximum Gasteiger partial charge on any atom is 0.317 e. The summed E-state index contributed by atoms with van der Waals surface area (Å²) in [6, 6.07) is 0.131. The van der Waals surface area contributed by atoms with Gasteiger partial charge in [-0.2, -0.15) is 0 Å². The highest BCUT2D eigenvalue weighted by Crippen LogP contribution is 2.13. The Morgan fingerprint density at radius 1 is 1.53 bits per heavy atom. The summed E-state index contributed by atoms with van der Waals surface area (Å²) < 4.78 is 0. The van der Waals surface area contributed by atoms with Crippen molar-refractivity contribution in [3.8, 4) is 0 Å². The summed E-state index contributed by atoms with van der Waals surface area (Å²) >= 11 is 0. The normalized spacial score (nSPS) is 21.7. The van der Waals surface area contributed by atoms with Gasteiger partial charge in [0.2, 0.25) is 0 Å². The maximum atomic E-state index is 12.0. The minimum absolute atomic E-state index is 0.0520. The van der Waals surface area contributed by atoms with Crippen LogP contribution < -0.4 is 5.32 Å². The standard InChI is InChI=1S/C13H25N3O3/c1-10(7-12(17)18)8-14-13(19)16(3)11-5-4-6-15(2)9-11/h10-11H,4-9H2,1-3H3,(H,14,19)(H,17,18). The molecule has 0 aliphatic carbocycles. The fourth-order valence-electron chi connectivity index (χ4n) is 2.38. The molecule has 0 saturated carbocycles. The molecule has 2 amide bonds. The number of nitrogens with one attached hydrogen (secondary N) is 1. The number of urea groups is 1. The van der Waals surface area contributed by atoms with Crippen molar-refractivity contribution >= 4 is 12.0 Å². The van der Waals surface area contributed by atoms with Gasteiger partial charge in [0.15, 0.2) is 0 Å². The van der Waals surface area contributed by atoms with Gasteiger partial charge in [0, 0.05) is 32.6 Å². The molecule has 19 heavy (non-hydrogen) atoms. The van der Waals surface area contributed by atoms with Gasteiger partial charge in [-0.3, -0.25) is 4.79 Å². The van der Waals surface area contributed by atoms with E-state index >= 15 is 0 Å². The molecule has 6 nitrogen and oxygen atoms in total. The number of rotatable bonds is 5. The van der Waals surface area contributed by atoms with Gasteiger partial charge < -0.3 is 20.2 Å². The zero-order chi connectivity index (χ0) is 14.4. The van der Waals surface area contributed by atoms with Crippen molar-refractivity contribution < 1.29 is 14.7 Å². The van der Waals surface area contributed by atoms with Gasteiger partial charge in [-0.05, 0) is 32.4 Å². The maximum absolute atomic E-state index is 12.0. The number of piperidine rings is 1. The molecular formula is C13H25N3O3. The molecule has 2 atom stereocenters. The highest BCUT2D eigenvalue weighted by molar-refractivity contribution is 5.74. The van der Waals surface area contributed by atoms with E-state index in [0.29, 0.717) is 6.54 Å². The van der Waals surface area contributed by atoms with E-state index in [1.165, 1.54) is 0 Å². The number of aliphatic carboxylic acids is 1. The van der Waals surface area contributed by atoms with Gasteiger partial charge in [-0.25, -0.2) is 4.79 Å². The van der Waals surface area contributed by atoms with Crippen LogP contribution in [0.15, 0.2) is 0 Å². The number of hydrogen-bond acceptors (Lipinski definition) is 3. The molecule has 2 N–H and O–H groups in total. The van der Waals surface area contributed by atoms with Crippen LogP contribution >= 0.6 is 0 Å². The van der Waals surface area contributed by atoms with Crippen LogP contribution in [0, 0.1) is 5.92 Å². The molecule has 110 valence electrons. The van der Waals surface area contributed by atoms with Crippen molar-refractivity contribution in [3.05, 3.63) is 0 Å². The van der Waals surface area contributed by atoms with Gasteiger partial charge in [-0.1, -0.05) is 6.92 Å². The number of amides is 2. The number of carbonyl (C=O) groups is 2. The molecular weight excluding hydrogens is 246 g/mol. The first-order valence-corrected chi connectivity index (χ1v) is 6.81. The van der Waals surface area contributed by atoms with Gasteiger partial charge in [0.05, 0.1) is 0 Å². The number of nitrogens with zero attached hydrogens (tertiary/aromatic N) is 2. The lowest BCUT2D eigenvalue weighted by molar-refractivity contribution is -0.137. The Morgan fingerprint density at radius 3 is 2.79 bits per heavy atom. The van der Waals surface area contributed by atoms with E-state index in [1.54, 1.807) is 11.9 Å². The Balaban J connectivity index is 2.33. The van der Waals surface area contributed by atoms with Crippen LogP contribution in [0.3, 0.4) is 0 Å². The third kappa shape index (κ3) is 5.46. The molecule has 0 aromatic carbocycles. The highest BCUT2D eigenvalue weighted by Gasteiger charge is 2.24. The fraction of sp³-hybridized carbons (Fsp3) is 0.846. The Kier molecular flexibility index (Phi) is 6.08. The second kappa shape index (κ2) is 7.33. The molecule has 6 heteroatoms. The Morgan fingerprint density at radius 2 is 2.21 bits per heavy atom. The lowest BCUT2D eigenvalue weighted by Crippen LogP contribution is -2.51. The van der Waals surface area contributed by atoms with E-state index in [9.17, 15) is 9.59 Å². The molecule has 1 fully saturated rings. The number of likely N-dealkylation sites (tertiary alicyclic amines) is 1. The first-order chi connectivity index (χ1) is 8.90. The summed E-state index contributed by atoms with van der Waals surface area (Å²) in [6.45, 7) is 4.21. The zero-order valence-electron chi connectivity index (χ0n) is 12.1. The quantitative estimate of drug-likeness (QED) is 0.777. The monoisotopic (exact) mass is 271 g/mol. The van der Waals surface area contributed by atoms with Crippen LogP contribution in [0.25, 0.3) is 0 Å². The third-order valence-corrected chi connectivity index (χ3v) is 3.59. The van der Waals surface area contributed by atoms with E-state index < -0.39 is 5.97 Å². The second-order valence-corrected chi connectivity index (χ2v) is 5.56. The van der Waals surface area contributed by atoms with Crippen molar-refractivity contribution in [2.24, 2.45) is 5.92 Å². The van der Waals surface area contributed by atoms with Crippen molar-refractivity contribution in [2.75, 3.05) is 33.7 Å². The summed E-state index contributed by atoms with van der Waals surface area (Å²) in [7, 11) is 3.87. The van der Waals surface area contributed by atoms with E-state index in [2.05, 4.69) is 17.3 Å². The first kappa shape index (κ1) is 15.8. The number of carbonyl (C=O) groups excluding carboxylic acids is 1. The Hall–Kier alpha value is -1.30. The fourth-order valence-corrected chi connectivity index (χ4v) is 2.38. The van der Waals surface area contributed by atoms with Crippen LogP contribution in [0.4, 0.5) is 4.79 Å². The molecule has 1 aliphatic rings. The molecule has 0 radical (unpaired) electrons. The summed E-state index contributed by atoms with van der Waals surface area (Å²) in [4.78, 5) is 26.5. The van der Waals surface area contributed by atoms with Crippen LogP contribution in [0.1, 0.15) is 26.2 Å². The van der Waals surface area contributed by atoms with E-state index in [4.69, 9.17) is 5.11 Å². The van der Waals surface area contributed by atoms with Crippen LogP contribution in [0.5, 0.6) is 0 Å². The highest BCUT2D eigenvalue weighted by atomic mass is 16.4. The summed E-state index contributed by atoms with van der Waals surface area (Å²) in [5.41, 5.74) is 0. The van der Waals surface area contributed by atoms with Crippen molar-refractivity contribution in [1.82, 2.24) is 15.1 Å². The van der Waals surface area contributed by atoms with Crippen molar-refractivity contribution in [2.45, 2.75) is 32.2 Å². The molecule has 0 bridgehead atoms. The van der Waals surface area contributed by atoms with E-state index in [1.807, 2.05) is 6.92 Å². The SMILES string of the molecule is CC(CNC(=O)N(C)C1CCCN(C)C1)CC(=O)O. The minimum Gasteiger partial charge on any atom is -0.481 e. The third-order valence-electron chi connectivity index (χ3n) is 3.59. The van der Waals surface area contributed by atoms with Crippen LogP contribution in [-0.4, -0.2) is 66.7 Å².